The molecule has 0 radical (unpaired) electrons. The molecule has 1 atom stereocenters. The highest BCUT2D eigenvalue weighted by atomic mass is 19.1. The van der Waals surface area contributed by atoms with E-state index in [1.54, 1.807) is 0 Å². The van der Waals surface area contributed by atoms with E-state index in [0.29, 0.717) is 5.56 Å². The Morgan fingerprint density at radius 2 is 2.04 bits per heavy atom. The van der Waals surface area contributed by atoms with Gasteiger partial charge in [-0.3, -0.25) is 4.79 Å². The highest BCUT2D eigenvalue weighted by Gasteiger charge is 2.14. The van der Waals surface area contributed by atoms with Crippen LogP contribution in [0.1, 0.15) is 6.42 Å². The number of carbonyl (C=O) groups is 1. The molecular weight excluding hydrogens is 364 g/mol. The smallest absolute Gasteiger partial charge is 0.322 e. The number of ether oxygens (including phenoxy) is 1. The Kier molecular flexibility index (Phi) is 5.26. The second-order valence-corrected chi connectivity index (χ2v) is 5.46. The number of nitrogens with zero attached hydrogens (tertiary/aromatic N) is 6. The topological polar surface area (TPSA) is 142 Å². The van der Waals surface area contributed by atoms with Gasteiger partial charge in [0.05, 0.1) is 25.4 Å². The van der Waals surface area contributed by atoms with E-state index in [2.05, 4.69) is 25.4 Å². The van der Waals surface area contributed by atoms with Crippen molar-refractivity contribution in [3.63, 3.8) is 0 Å². The van der Waals surface area contributed by atoms with E-state index in [9.17, 15) is 13.6 Å². The number of rotatable bonds is 7. The van der Waals surface area contributed by atoms with Crippen LogP contribution in [-0.4, -0.2) is 47.3 Å². The van der Waals surface area contributed by atoms with Gasteiger partial charge in [0, 0.05) is 11.6 Å². The molecule has 0 saturated heterocycles. The maximum Gasteiger partial charge on any atom is 0.322 e. The number of aromatic nitrogens is 6. The van der Waals surface area contributed by atoms with E-state index < -0.39 is 23.6 Å². The standard InChI is InChI=1S/C15H13F2N7O3/c16-9-5-19-15(20-6-9)27-12-2-1-8(3-11(12)17)14-21-23-24(22-14)7-10(18)4-13(25)26/h1-3,5-6,10H,4,7,18H2,(H,25,26). The summed E-state index contributed by atoms with van der Waals surface area (Å²) >= 11 is 0. The van der Waals surface area contributed by atoms with Crippen LogP contribution >= 0.6 is 0 Å². The Hall–Kier alpha value is -3.54. The van der Waals surface area contributed by atoms with Gasteiger partial charge < -0.3 is 15.6 Å². The highest BCUT2D eigenvalue weighted by molar-refractivity contribution is 5.67. The molecule has 3 rings (SSSR count). The summed E-state index contributed by atoms with van der Waals surface area (Å²) in [6.07, 6.45) is 1.54. The number of halogens is 2. The fourth-order valence-corrected chi connectivity index (χ4v) is 2.11. The summed E-state index contributed by atoms with van der Waals surface area (Å²) < 4.78 is 32.2. The van der Waals surface area contributed by atoms with Crippen molar-refractivity contribution in [3.8, 4) is 23.1 Å². The third-order valence-corrected chi connectivity index (χ3v) is 3.28. The molecule has 2 aromatic heterocycles. The fraction of sp³-hybridized carbons (Fsp3) is 0.200. The molecule has 0 spiro atoms. The second-order valence-electron chi connectivity index (χ2n) is 5.46. The van der Waals surface area contributed by atoms with Crippen molar-refractivity contribution >= 4 is 5.97 Å². The minimum atomic E-state index is -1.04. The highest BCUT2D eigenvalue weighted by Crippen LogP contribution is 2.26. The molecule has 1 aromatic carbocycles. The molecule has 0 fully saturated rings. The molecule has 0 aliphatic heterocycles. The number of hydrogen-bond acceptors (Lipinski definition) is 8. The molecule has 0 amide bonds. The predicted octanol–water partition coefficient (Wildman–Crippen LogP) is 1.00. The molecule has 27 heavy (non-hydrogen) atoms. The molecule has 0 aliphatic carbocycles. The van der Waals surface area contributed by atoms with Gasteiger partial charge in [-0.25, -0.2) is 18.7 Å². The van der Waals surface area contributed by atoms with Crippen LogP contribution in [0.25, 0.3) is 11.4 Å². The number of hydrogen-bond donors (Lipinski definition) is 2. The first kappa shape index (κ1) is 18.3. The summed E-state index contributed by atoms with van der Waals surface area (Å²) in [7, 11) is 0. The maximum absolute atomic E-state index is 14.2. The number of tetrazole rings is 1. The van der Waals surface area contributed by atoms with Gasteiger partial charge >= 0.3 is 12.0 Å². The van der Waals surface area contributed by atoms with E-state index in [4.69, 9.17) is 15.6 Å². The zero-order valence-corrected chi connectivity index (χ0v) is 13.7. The molecule has 2 heterocycles. The summed E-state index contributed by atoms with van der Waals surface area (Å²) in [4.78, 5) is 18.9. The lowest BCUT2D eigenvalue weighted by Crippen LogP contribution is -2.30. The van der Waals surface area contributed by atoms with Crippen LogP contribution in [0.3, 0.4) is 0 Å². The second kappa shape index (κ2) is 7.78. The van der Waals surface area contributed by atoms with Crippen molar-refractivity contribution in [2.75, 3.05) is 0 Å². The van der Waals surface area contributed by atoms with Crippen LogP contribution < -0.4 is 10.5 Å². The summed E-state index contributed by atoms with van der Waals surface area (Å²) in [6.45, 7) is 0.0465. The zero-order chi connectivity index (χ0) is 19.4. The van der Waals surface area contributed by atoms with Gasteiger partial charge in [-0.05, 0) is 23.4 Å². The molecule has 0 bridgehead atoms. The van der Waals surface area contributed by atoms with E-state index in [0.717, 1.165) is 23.3 Å². The number of carboxylic acids is 1. The minimum Gasteiger partial charge on any atom is -0.481 e. The van der Waals surface area contributed by atoms with E-state index in [1.807, 2.05) is 0 Å². The third kappa shape index (κ3) is 4.76. The molecule has 0 saturated carbocycles. The molecule has 3 N–H and O–H groups in total. The van der Waals surface area contributed by atoms with Crippen LogP contribution in [0.4, 0.5) is 8.78 Å². The molecular formula is C15H13F2N7O3. The Balaban J connectivity index is 1.72. The molecule has 12 heteroatoms. The quantitative estimate of drug-likeness (QED) is 0.616. The predicted molar refractivity (Wildman–Crippen MR) is 85.5 cm³/mol. The summed E-state index contributed by atoms with van der Waals surface area (Å²) in [5.74, 6) is -2.46. The number of aliphatic carboxylic acids is 1. The van der Waals surface area contributed by atoms with Gasteiger partial charge in [-0.1, -0.05) is 0 Å². The Bertz CT molecular complexity index is 949. The Morgan fingerprint density at radius 3 is 2.70 bits per heavy atom. The van der Waals surface area contributed by atoms with Crippen LogP contribution in [0.5, 0.6) is 11.8 Å². The molecule has 140 valence electrons. The van der Waals surface area contributed by atoms with Crippen molar-refractivity contribution in [3.05, 3.63) is 42.2 Å². The third-order valence-electron chi connectivity index (χ3n) is 3.28. The zero-order valence-electron chi connectivity index (χ0n) is 13.7. The van der Waals surface area contributed by atoms with Crippen LogP contribution in [0.15, 0.2) is 30.6 Å². The van der Waals surface area contributed by atoms with Crippen molar-refractivity contribution in [2.45, 2.75) is 19.0 Å². The number of benzene rings is 1. The first-order chi connectivity index (χ1) is 12.9. The van der Waals surface area contributed by atoms with Crippen molar-refractivity contribution in [2.24, 2.45) is 5.73 Å². The molecule has 1 unspecified atom stereocenters. The first-order valence-electron chi connectivity index (χ1n) is 7.61. The number of nitrogens with two attached hydrogens (primary N) is 1. The lowest BCUT2D eigenvalue weighted by atomic mass is 10.2. The molecule has 3 aromatic rings. The van der Waals surface area contributed by atoms with Gasteiger partial charge in [0.2, 0.25) is 5.82 Å². The summed E-state index contributed by atoms with van der Waals surface area (Å²) in [5.41, 5.74) is 5.98. The largest absolute Gasteiger partial charge is 0.481 e. The summed E-state index contributed by atoms with van der Waals surface area (Å²) in [5, 5.41) is 20.3. The monoisotopic (exact) mass is 377 g/mol. The Labute approximate surface area is 150 Å². The van der Waals surface area contributed by atoms with Crippen molar-refractivity contribution in [1.29, 1.82) is 0 Å². The number of carboxylic acid groups (broad SMARTS) is 1. The average molecular weight is 377 g/mol. The van der Waals surface area contributed by atoms with Gasteiger partial charge in [0.25, 0.3) is 0 Å². The van der Waals surface area contributed by atoms with E-state index in [1.165, 1.54) is 12.1 Å². The van der Waals surface area contributed by atoms with E-state index >= 15 is 0 Å². The average Bonchev–Trinajstić information content (AvgIpc) is 3.06. The van der Waals surface area contributed by atoms with E-state index in [-0.39, 0.29) is 30.5 Å². The van der Waals surface area contributed by atoms with Crippen LogP contribution in [0.2, 0.25) is 0 Å². The molecule has 10 nitrogen and oxygen atoms in total. The molecule has 0 aliphatic rings. The Morgan fingerprint density at radius 1 is 1.30 bits per heavy atom. The van der Waals surface area contributed by atoms with Gasteiger partial charge in [0.15, 0.2) is 17.4 Å². The van der Waals surface area contributed by atoms with Crippen LogP contribution in [0, 0.1) is 11.6 Å². The minimum absolute atomic E-state index is 0.0465. The van der Waals surface area contributed by atoms with Gasteiger partial charge in [0.1, 0.15) is 0 Å². The fourth-order valence-electron chi connectivity index (χ4n) is 2.11. The normalized spacial score (nSPS) is 12.0. The first-order valence-corrected chi connectivity index (χ1v) is 7.61. The van der Waals surface area contributed by atoms with Gasteiger partial charge in [-0.15, -0.1) is 10.2 Å². The van der Waals surface area contributed by atoms with Crippen molar-refractivity contribution < 1.29 is 23.4 Å². The van der Waals surface area contributed by atoms with Crippen molar-refractivity contribution in [1.82, 2.24) is 30.2 Å². The SMILES string of the molecule is NC(CC(=O)O)Cn1nnc(-c2ccc(Oc3ncc(F)cn3)c(F)c2)n1. The summed E-state index contributed by atoms with van der Waals surface area (Å²) in [6, 6.07) is 3.03. The maximum atomic E-state index is 14.2. The lowest BCUT2D eigenvalue weighted by molar-refractivity contribution is -0.137. The van der Waals surface area contributed by atoms with Crippen LogP contribution in [-0.2, 0) is 11.3 Å². The van der Waals surface area contributed by atoms with Gasteiger partial charge in [-0.2, -0.15) is 4.80 Å². The lowest BCUT2D eigenvalue weighted by Gasteiger charge is -2.06.